The molecule has 5 heterocycles. The van der Waals surface area contributed by atoms with Crippen LogP contribution < -0.4 is 14.2 Å². The van der Waals surface area contributed by atoms with E-state index in [2.05, 4.69) is 37.9 Å². The second-order valence-corrected chi connectivity index (χ2v) is 15.0. The summed E-state index contributed by atoms with van der Waals surface area (Å²) in [7, 11) is 0.701. The van der Waals surface area contributed by atoms with Crippen LogP contribution in [0.3, 0.4) is 0 Å². The number of rotatable bonds is 9. The van der Waals surface area contributed by atoms with Crippen LogP contribution >= 0.6 is 0 Å². The molecule has 0 radical (unpaired) electrons. The number of allylic oxidation sites excluding steroid dienone is 2. The lowest BCUT2D eigenvalue weighted by molar-refractivity contribution is -0.228. The number of fused-ring (bicyclic) bond motifs is 1. The number of likely N-dealkylation sites (tertiary alicyclic amines) is 1. The Morgan fingerprint density at radius 1 is 1.00 bits per heavy atom. The molecule has 4 saturated heterocycles. The molecule has 1 amide bonds. The van der Waals surface area contributed by atoms with E-state index < -0.39 is 33.4 Å². The average molecular weight is 676 g/mol. The lowest BCUT2D eigenvalue weighted by Gasteiger charge is -2.66. The number of pyridine rings is 1. The van der Waals surface area contributed by atoms with Crippen LogP contribution in [0.25, 0.3) is 0 Å². The van der Waals surface area contributed by atoms with Crippen LogP contribution in [0, 0.1) is 22.7 Å². The van der Waals surface area contributed by atoms with Gasteiger partial charge in [-0.3, -0.25) is 9.69 Å². The van der Waals surface area contributed by atoms with Gasteiger partial charge in [-0.1, -0.05) is 12.2 Å². The van der Waals surface area contributed by atoms with E-state index in [1.54, 1.807) is 43.5 Å². The highest BCUT2D eigenvalue weighted by molar-refractivity contribution is 7.89. The number of nitrogens with zero attached hydrogens (tertiary/aromatic N) is 7. The van der Waals surface area contributed by atoms with E-state index >= 15 is 4.79 Å². The third-order valence-electron chi connectivity index (χ3n) is 10.4. The molecule has 1 aromatic heterocycles. The van der Waals surface area contributed by atoms with Crippen molar-refractivity contribution in [1.82, 2.24) is 29.1 Å². The van der Waals surface area contributed by atoms with Gasteiger partial charge in [-0.15, -0.1) is 0 Å². The van der Waals surface area contributed by atoms with Crippen molar-refractivity contribution in [2.45, 2.75) is 23.5 Å². The molecule has 5 aliphatic rings. The summed E-state index contributed by atoms with van der Waals surface area (Å²) in [6.45, 7) is 9.04. The summed E-state index contributed by atoms with van der Waals surface area (Å²) in [4.78, 5) is 24.0. The predicted octanol–water partition coefficient (Wildman–Crippen LogP) is 1.71. The van der Waals surface area contributed by atoms with Gasteiger partial charge in [0.2, 0.25) is 0 Å². The Labute approximate surface area is 281 Å². The highest BCUT2D eigenvalue weighted by Gasteiger charge is 2.70. The molecule has 14 heteroatoms. The largest absolute Gasteiger partial charge is 0.497 e. The summed E-state index contributed by atoms with van der Waals surface area (Å²) in [6.07, 6.45) is 6.30. The van der Waals surface area contributed by atoms with Crippen molar-refractivity contribution >= 4 is 15.9 Å². The maximum atomic E-state index is 15.4. The first-order valence-electron chi connectivity index (χ1n) is 16.2. The number of sulfonamides is 1. The van der Waals surface area contributed by atoms with Gasteiger partial charge in [0, 0.05) is 74.8 Å². The Morgan fingerprint density at radius 3 is 2.33 bits per heavy atom. The average Bonchev–Trinajstić information content (AvgIpc) is 3.32. The molecule has 13 nitrogen and oxygen atoms in total. The fourth-order valence-corrected chi connectivity index (χ4v) is 9.54. The minimum atomic E-state index is -4.46. The molecule has 0 saturated carbocycles. The molecule has 1 aliphatic carbocycles. The number of hydrogen-bond acceptors (Lipinski definition) is 12. The first kappa shape index (κ1) is 32.5. The highest BCUT2D eigenvalue weighted by atomic mass is 32.2. The van der Waals surface area contributed by atoms with Gasteiger partial charge >= 0.3 is 0 Å². The zero-order chi connectivity index (χ0) is 33.8. The molecule has 4 fully saturated rings. The standard InChI is InChI=1S/C34H41N7O6S/c1-5-47-30-10-7-25(45-3)17-28(30)34(38-20-33(21-38)22-40(23-33)39-14-12-37(2)13-15-39)27-16-24(18-35)6-9-29(27)41(32(34)42)48(43,44)31-11-8-26(46-4)19-36-31/h6-11,16-17,19,27,29H,5,12-15,20-23H2,1-4H3. The van der Waals surface area contributed by atoms with Gasteiger partial charge in [0.05, 0.1) is 39.1 Å². The van der Waals surface area contributed by atoms with E-state index in [9.17, 15) is 13.7 Å². The highest BCUT2D eigenvalue weighted by Crippen LogP contribution is 2.58. The van der Waals surface area contributed by atoms with Crippen LogP contribution in [-0.4, -0.2) is 130 Å². The number of hydrogen-bond donors (Lipinski definition) is 0. The van der Waals surface area contributed by atoms with Gasteiger partial charge < -0.3 is 19.1 Å². The summed E-state index contributed by atoms with van der Waals surface area (Å²) in [6, 6.07) is 9.47. The lowest BCUT2D eigenvalue weighted by atomic mass is 9.65. The van der Waals surface area contributed by atoms with Gasteiger partial charge in [-0.25, -0.2) is 19.3 Å². The van der Waals surface area contributed by atoms with E-state index in [1.165, 1.54) is 25.4 Å². The number of aromatic nitrogens is 1. The SMILES string of the molecule is CCOc1ccc(OC)cc1C1(N2CC3(CN(N4CCN(C)CC4)C3)C2)C(=O)N(S(=O)(=O)c2ccc(OC)cn2)C2C=CC(C#N)=CC21. The normalized spacial score (nSPS) is 27.5. The summed E-state index contributed by atoms with van der Waals surface area (Å²) in [5, 5.41) is 14.6. The minimum Gasteiger partial charge on any atom is -0.497 e. The molecule has 3 unspecified atom stereocenters. The second-order valence-electron chi connectivity index (χ2n) is 13.2. The molecule has 2 aromatic rings. The summed E-state index contributed by atoms with van der Waals surface area (Å²) in [5.41, 5.74) is -0.697. The summed E-state index contributed by atoms with van der Waals surface area (Å²) < 4.78 is 46.9. The van der Waals surface area contributed by atoms with Gasteiger partial charge in [0.15, 0.2) is 5.03 Å². The number of hydrazine groups is 1. The monoisotopic (exact) mass is 675 g/mol. The zero-order valence-electron chi connectivity index (χ0n) is 27.7. The maximum Gasteiger partial charge on any atom is 0.284 e. The topological polar surface area (TPSA) is 132 Å². The lowest BCUT2D eigenvalue weighted by Crippen LogP contribution is -2.79. The molecule has 4 aliphatic heterocycles. The van der Waals surface area contributed by atoms with Gasteiger partial charge in [-0.2, -0.15) is 13.7 Å². The number of nitriles is 1. The number of carbonyl (C=O) groups is 1. The Hall–Kier alpha value is -4.00. The molecule has 1 aromatic carbocycles. The van der Waals surface area contributed by atoms with Crippen LogP contribution in [0.4, 0.5) is 0 Å². The molecule has 254 valence electrons. The van der Waals surface area contributed by atoms with Crippen molar-refractivity contribution in [3.8, 4) is 23.3 Å². The first-order valence-corrected chi connectivity index (χ1v) is 17.7. The number of likely N-dealkylation sites (N-methyl/N-ethyl adjacent to an activating group) is 1. The van der Waals surface area contributed by atoms with Crippen molar-refractivity contribution in [2.24, 2.45) is 11.3 Å². The third-order valence-corrected chi connectivity index (χ3v) is 12.1. The number of methoxy groups -OCH3 is 2. The molecule has 1 spiro atoms. The molecule has 3 atom stereocenters. The minimum absolute atomic E-state index is 0.0487. The molecule has 48 heavy (non-hydrogen) atoms. The Balaban J connectivity index is 1.33. The van der Waals surface area contributed by atoms with Gasteiger partial charge in [0.25, 0.3) is 15.9 Å². The molecular formula is C34H41N7O6S. The number of carbonyl (C=O) groups excluding carboxylic acids is 1. The Kier molecular flexibility index (Phi) is 8.24. The van der Waals surface area contributed by atoms with Crippen LogP contribution in [0.15, 0.2) is 65.4 Å². The Bertz CT molecular complexity index is 1790. The number of ether oxygens (including phenoxy) is 3. The Morgan fingerprint density at radius 2 is 1.71 bits per heavy atom. The predicted molar refractivity (Wildman–Crippen MR) is 175 cm³/mol. The van der Waals surface area contributed by atoms with Crippen LogP contribution in [0.2, 0.25) is 0 Å². The van der Waals surface area contributed by atoms with E-state index in [0.29, 0.717) is 48.1 Å². The third kappa shape index (κ3) is 4.99. The quantitative estimate of drug-likeness (QED) is 0.384. The fraction of sp³-hybridized carbons (Fsp3) is 0.500. The molecule has 0 N–H and O–H groups in total. The molecule has 7 rings (SSSR count). The number of benzene rings is 1. The van der Waals surface area contributed by atoms with Crippen LogP contribution in [0.5, 0.6) is 17.2 Å². The second kappa shape index (κ2) is 12.2. The summed E-state index contributed by atoms with van der Waals surface area (Å²) >= 11 is 0. The first-order chi connectivity index (χ1) is 23.1. The zero-order valence-corrected chi connectivity index (χ0v) is 28.5. The van der Waals surface area contributed by atoms with Crippen molar-refractivity contribution in [1.29, 1.82) is 5.26 Å². The van der Waals surface area contributed by atoms with E-state index in [-0.39, 0.29) is 10.4 Å². The van der Waals surface area contributed by atoms with E-state index in [4.69, 9.17) is 14.2 Å². The van der Waals surface area contributed by atoms with Crippen molar-refractivity contribution in [3.63, 3.8) is 0 Å². The molecular weight excluding hydrogens is 634 g/mol. The summed E-state index contributed by atoms with van der Waals surface area (Å²) in [5.74, 6) is 0.000961. The van der Waals surface area contributed by atoms with Crippen LogP contribution in [-0.2, 0) is 20.4 Å². The van der Waals surface area contributed by atoms with Gasteiger partial charge in [-0.05, 0) is 50.4 Å². The number of piperazine rings is 1. The maximum absolute atomic E-state index is 15.4. The fourth-order valence-electron chi connectivity index (χ4n) is 8.04. The van der Waals surface area contributed by atoms with Crippen LogP contribution in [0.1, 0.15) is 12.5 Å². The van der Waals surface area contributed by atoms with Crippen molar-refractivity contribution in [3.05, 3.63) is 65.9 Å². The van der Waals surface area contributed by atoms with Crippen molar-refractivity contribution < 1.29 is 27.4 Å². The van der Waals surface area contributed by atoms with E-state index in [0.717, 1.165) is 43.6 Å². The molecule has 0 bridgehead atoms. The van der Waals surface area contributed by atoms with E-state index in [1.807, 2.05) is 6.92 Å². The number of amides is 1. The van der Waals surface area contributed by atoms with Gasteiger partial charge in [0.1, 0.15) is 22.8 Å². The van der Waals surface area contributed by atoms with Crippen molar-refractivity contribution in [2.75, 3.05) is 80.2 Å². The smallest absolute Gasteiger partial charge is 0.284 e.